The summed E-state index contributed by atoms with van der Waals surface area (Å²) in [5.41, 5.74) is 2.06. The van der Waals surface area contributed by atoms with Crippen molar-refractivity contribution in [1.29, 1.82) is 0 Å². The van der Waals surface area contributed by atoms with Crippen molar-refractivity contribution >= 4 is 29.1 Å². The molecular weight excluding hydrogens is 390 g/mol. The Morgan fingerprint density at radius 3 is 2.66 bits per heavy atom. The lowest BCUT2D eigenvalue weighted by atomic mass is 10.1. The van der Waals surface area contributed by atoms with E-state index in [1.807, 2.05) is 29.2 Å². The molecule has 0 aliphatic carbocycles. The molecule has 1 aliphatic rings. The van der Waals surface area contributed by atoms with E-state index in [4.69, 9.17) is 16.3 Å². The molecular formula is C22H26ClN3O3. The molecule has 0 atom stereocenters. The zero-order chi connectivity index (χ0) is 20.6. The minimum atomic E-state index is -0.177. The van der Waals surface area contributed by atoms with E-state index in [9.17, 15) is 9.59 Å². The molecule has 0 unspecified atom stereocenters. The molecule has 2 amide bonds. The molecule has 0 saturated carbocycles. The van der Waals surface area contributed by atoms with Gasteiger partial charge in [0.2, 0.25) is 5.91 Å². The van der Waals surface area contributed by atoms with Gasteiger partial charge in [0.05, 0.1) is 19.2 Å². The number of halogens is 1. The van der Waals surface area contributed by atoms with Crippen LogP contribution in [0.4, 0.5) is 5.69 Å². The fourth-order valence-corrected chi connectivity index (χ4v) is 3.51. The highest BCUT2D eigenvalue weighted by atomic mass is 35.5. The number of methoxy groups -OCH3 is 1. The molecule has 0 radical (unpaired) electrons. The van der Waals surface area contributed by atoms with Gasteiger partial charge in [-0.2, -0.15) is 0 Å². The standard InChI is InChI=1S/C22H26ClN3O3/c1-29-18-7-5-6-16(12-18)14-25-21(27)15-24-20-13-17(23)8-9-19(20)22(28)26-10-3-2-4-11-26/h5-9,12-13,24H,2-4,10-11,14-15H2,1H3,(H,25,27). The van der Waals surface area contributed by atoms with Crippen LogP contribution in [-0.4, -0.2) is 43.5 Å². The van der Waals surface area contributed by atoms with Crippen molar-refractivity contribution < 1.29 is 14.3 Å². The summed E-state index contributed by atoms with van der Waals surface area (Å²) in [6.45, 7) is 1.97. The number of benzene rings is 2. The number of carbonyl (C=O) groups is 2. The Hall–Kier alpha value is -2.73. The number of likely N-dealkylation sites (tertiary alicyclic amines) is 1. The Morgan fingerprint density at radius 2 is 1.90 bits per heavy atom. The lowest BCUT2D eigenvalue weighted by Gasteiger charge is -2.27. The van der Waals surface area contributed by atoms with Crippen LogP contribution in [-0.2, 0) is 11.3 Å². The van der Waals surface area contributed by atoms with Crippen LogP contribution in [0.2, 0.25) is 5.02 Å². The van der Waals surface area contributed by atoms with Crippen LogP contribution in [0.3, 0.4) is 0 Å². The number of nitrogens with zero attached hydrogens (tertiary/aromatic N) is 1. The molecule has 1 heterocycles. The molecule has 2 N–H and O–H groups in total. The van der Waals surface area contributed by atoms with E-state index in [1.54, 1.807) is 25.3 Å². The first-order valence-corrected chi connectivity index (χ1v) is 10.2. The van der Waals surface area contributed by atoms with Crippen LogP contribution in [0.25, 0.3) is 0 Å². The quantitative estimate of drug-likeness (QED) is 0.723. The average Bonchev–Trinajstić information content (AvgIpc) is 2.76. The zero-order valence-corrected chi connectivity index (χ0v) is 17.3. The summed E-state index contributed by atoms with van der Waals surface area (Å²) in [5, 5.41) is 6.44. The normalized spacial score (nSPS) is 13.7. The molecule has 1 aliphatic heterocycles. The van der Waals surface area contributed by atoms with Crippen molar-refractivity contribution in [3.05, 3.63) is 58.6 Å². The predicted octanol–water partition coefficient (Wildman–Crippen LogP) is 3.70. The van der Waals surface area contributed by atoms with E-state index in [1.165, 1.54) is 0 Å². The van der Waals surface area contributed by atoms with Crippen molar-refractivity contribution in [3.8, 4) is 5.75 Å². The van der Waals surface area contributed by atoms with E-state index in [-0.39, 0.29) is 18.4 Å². The van der Waals surface area contributed by atoms with Gasteiger partial charge in [0.1, 0.15) is 5.75 Å². The molecule has 7 heteroatoms. The van der Waals surface area contributed by atoms with Gasteiger partial charge in [-0.15, -0.1) is 0 Å². The molecule has 0 spiro atoms. The number of nitrogens with one attached hydrogen (secondary N) is 2. The summed E-state index contributed by atoms with van der Waals surface area (Å²) < 4.78 is 5.19. The molecule has 3 rings (SSSR count). The number of piperidine rings is 1. The number of anilines is 1. The lowest BCUT2D eigenvalue weighted by Crippen LogP contribution is -2.36. The largest absolute Gasteiger partial charge is 0.497 e. The zero-order valence-electron chi connectivity index (χ0n) is 16.5. The van der Waals surface area contributed by atoms with Gasteiger partial charge < -0.3 is 20.3 Å². The van der Waals surface area contributed by atoms with Crippen molar-refractivity contribution in [2.24, 2.45) is 0 Å². The van der Waals surface area contributed by atoms with E-state index >= 15 is 0 Å². The van der Waals surface area contributed by atoms with Gasteiger partial charge in [-0.3, -0.25) is 9.59 Å². The van der Waals surface area contributed by atoms with E-state index < -0.39 is 0 Å². The minimum absolute atomic E-state index is 0.0272. The van der Waals surface area contributed by atoms with Crippen LogP contribution in [0, 0.1) is 0 Å². The van der Waals surface area contributed by atoms with Crippen LogP contribution >= 0.6 is 11.6 Å². The Labute approximate surface area is 176 Å². The molecule has 1 saturated heterocycles. The highest BCUT2D eigenvalue weighted by Gasteiger charge is 2.21. The minimum Gasteiger partial charge on any atom is -0.497 e. The molecule has 0 bridgehead atoms. The highest BCUT2D eigenvalue weighted by Crippen LogP contribution is 2.24. The Bertz CT molecular complexity index is 866. The fourth-order valence-electron chi connectivity index (χ4n) is 3.34. The smallest absolute Gasteiger partial charge is 0.255 e. The number of carbonyl (C=O) groups excluding carboxylic acids is 2. The molecule has 1 fully saturated rings. The maximum atomic E-state index is 12.9. The van der Waals surface area contributed by atoms with Crippen molar-refractivity contribution in [2.45, 2.75) is 25.8 Å². The second-order valence-corrected chi connectivity index (χ2v) is 7.46. The summed E-state index contributed by atoms with van der Waals surface area (Å²) in [6, 6.07) is 12.6. The topological polar surface area (TPSA) is 70.7 Å². The van der Waals surface area contributed by atoms with Crippen molar-refractivity contribution in [1.82, 2.24) is 10.2 Å². The molecule has 29 heavy (non-hydrogen) atoms. The summed E-state index contributed by atoms with van der Waals surface area (Å²) >= 11 is 6.12. The molecule has 154 valence electrons. The van der Waals surface area contributed by atoms with Gasteiger partial charge in [-0.05, 0) is 55.2 Å². The number of rotatable bonds is 7. The van der Waals surface area contributed by atoms with E-state index in [0.717, 1.165) is 43.7 Å². The lowest BCUT2D eigenvalue weighted by molar-refractivity contribution is -0.119. The third kappa shape index (κ3) is 5.87. The van der Waals surface area contributed by atoms with Gasteiger partial charge >= 0.3 is 0 Å². The highest BCUT2D eigenvalue weighted by molar-refractivity contribution is 6.31. The maximum absolute atomic E-state index is 12.9. The van der Waals surface area contributed by atoms with Crippen LogP contribution in [0.5, 0.6) is 5.75 Å². The van der Waals surface area contributed by atoms with Crippen molar-refractivity contribution in [2.75, 3.05) is 32.1 Å². The Kier molecular flexibility index (Phi) is 7.36. The van der Waals surface area contributed by atoms with E-state index in [2.05, 4.69) is 10.6 Å². The van der Waals surface area contributed by atoms with Gasteiger partial charge in [0.15, 0.2) is 0 Å². The third-order valence-electron chi connectivity index (χ3n) is 4.92. The van der Waals surface area contributed by atoms with Gasteiger partial charge in [-0.1, -0.05) is 23.7 Å². The molecule has 2 aromatic carbocycles. The van der Waals surface area contributed by atoms with Gasteiger partial charge in [0, 0.05) is 30.3 Å². The first-order valence-electron chi connectivity index (χ1n) is 9.79. The average molecular weight is 416 g/mol. The SMILES string of the molecule is COc1cccc(CNC(=O)CNc2cc(Cl)ccc2C(=O)N2CCCCC2)c1. The van der Waals surface area contributed by atoms with Crippen LogP contribution < -0.4 is 15.4 Å². The van der Waals surface area contributed by atoms with Crippen molar-refractivity contribution in [3.63, 3.8) is 0 Å². The first-order chi connectivity index (χ1) is 14.1. The molecule has 6 nitrogen and oxygen atoms in total. The van der Waals surface area contributed by atoms with Gasteiger partial charge in [-0.25, -0.2) is 0 Å². The number of ether oxygens (including phenoxy) is 1. The summed E-state index contributed by atoms with van der Waals surface area (Å²) in [7, 11) is 1.61. The second-order valence-electron chi connectivity index (χ2n) is 7.02. The number of amides is 2. The first kappa shape index (κ1) is 21.0. The summed E-state index contributed by atoms with van der Waals surface area (Å²) in [5.74, 6) is 0.541. The molecule has 2 aromatic rings. The van der Waals surface area contributed by atoms with Crippen LogP contribution in [0.15, 0.2) is 42.5 Å². The second kappa shape index (κ2) is 10.2. The maximum Gasteiger partial charge on any atom is 0.255 e. The summed E-state index contributed by atoms with van der Waals surface area (Å²) in [6.07, 6.45) is 3.20. The summed E-state index contributed by atoms with van der Waals surface area (Å²) in [4.78, 5) is 27.0. The van der Waals surface area contributed by atoms with Crippen LogP contribution in [0.1, 0.15) is 35.2 Å². The number of hydrogen-bond donors (Lipinski definition) is 2. The Balaban J connectivity index is 1.59. The molecule has 0 aromatic heterocycles. The van der Waals surface area contributed by atoms with Gasteiger partial charge in [0.25, 0.3) is 5.91 Å². The predicted molar refractivity (Wildman–Crippen MR) is 115 cm³/mol. The monoisotopic (exact) mass is 415 g/mol. The fraction of sp³-hybridized carbons (Fsp3) is 0.364. The Morgan fingerprint density at radius 1 is 1.10 bits per heavy atom. The van der Waals surface area contributed by atoms with E-state index in [0.29, 0.717) is 22.8 Å². The third-order valence-corrected chi connectivity index (χ3v) is 5.15. The number of hydrogen-bond acceptors (Lipinski definition) is 4.